The molecule has 0 saturated carbocycles. The van der Waals surface area contributed by atoms with Crippen LogP contribution in [0.3, 0.4) is 0 Å². The smallest absolute Gasteiger partial charge is 0.294 e. The lowest BCUT2D eigenvalue weighted by molar-refractivity contribution is 0.471. The molecule has 4 rings (SSSR count). The Balaban J connectivity index is 1.87. The van der Waals surface area contributed by atoms with Crippen LogP contribution in [0.5, 0.6) is 5.75 Å². The van der Waals surface area contributed by atoms with E-state index in [-0.39, 0.29) is 21.8 Å². The first-order chi connectivity index (χ1) is 17.3. The largest absolute Gasteiger partial charge is 0.507 e. The van der Waals surface area contributed by atoms with Crippen molar-refractivity contribution in [1.29, 1.82) is 0 Å². The van der Waals surface area contributed by atoms with Crippen LogP contribution in [0.2, 0.25) is 0 Å². The lowest BCUT2D eigenvalue weighted by Gasteiger charge is -2.11. The van der Waals surface area contributed by atoms with Gasteiger partial charge in [-0.05, 0) is 47.9 Å². The van der Waals surface area contributed by atoms with Gasteiger partial charge in [0.25, 0.3) is 20.2 Å². The molecule has 0 radical (unpaired) electrons. The lowest BCUT2D eigenvalue weighted by atomic mass is 10.1. The van der Waals surface area contributed by atoms with Crippen molar-refractivity contribution in [3.05, 3.63) is 97.9 Å². The van der Waals surface area contributed by atoms with Crippen LogP contribution in [0.4, 0.5) is 11.4 Å². The van der Waals surface area contributed by atoms with Crippen LogP contribution in [-0.4, -0.2) is 31.0 Å². The summed E-state index contributed by atoms with van der Waals surface area (Å²) in [5, 5.41) is 17.0. The number of benzene rings is 4. The Bertz CT molecular complexity index is 1980. The summed E-state index contributed by atoms with van der Waals surface area (Å²) in [7, 11) is -9.59. The third-order valence-electron chi connectivity index (χ3n) is 5.01. The SMILES string of the molecule is O=c1cc/c(=N/Nc2cc(S(=O)(=O)O)cc3cc(S(=O)(=O)O)cc(O)c23)c(=O)/c1=N\Nc1ccccc1. The molecule has 190 valence electrons. The molecule has 37 heavy (non-hydrogen) atoms. The molecule has 4 aromatic rings. The van der Waals surface area contributed by atoms with Gasteiger partial charge >= 0.3 is 0 Å². The average molecular weight is 545 g/mol. The van der Waals surface area contributed by atoms with Gasteiger partial charge in [0.15, 0.2) is 5.36 Å². The first-order valence-electron chi connectivity index (χ1n) is 10.1. The van der Waals surface area contributed by atoms with Crippen LogP contribution in [0.15, 0.2) is 96.3 Å². The van der Waals surface area contributed by atoms with Crippen LogP contribution >= 0.6 is 0 Å². The fraction of sp³-hybridized carbons (Fsp3) is 0. The zero-order chi connectivity index (χ0) is 27.0. The summed E-state index contributed by atoms with van der Waals surface area (Å²) < 4.78 is 65.4. The fourth-order valence-electron chi connectivity index (χ4n) is 3.31. The number of nitrogens with zero attached hydrogens (tertiary/aromatic N) is 2. The second kappa shape index (κ2) is 9.55. The zero-order valence-corrected chi connectivity index (χ0v) is 20.0. The molecule has 0 bridgehead atoms. The fourth-order valence-corrected chi connectivity index (χ4v) is 4.39. The summed E-state index contributed by atoms with van der Waals surface area (Å²) in [6, 6.07) is 13.9. The van der Waals surface area contributed by atoms with Gasteiger partial charge in [0, 0.05) is 11.5 Å². The van der Waals surface area contributed by atoms with Gasteiger partial charge < -0.3 is 5.11 Å². The van der Waals surface area contributed by atoms with Crippen molar-refractivity contribution in [2.45, 2.75) is 9.79 Å². The highest BCUT2D eigenvalue weighted by Crippen LogP contribution is 2.36. The minimum atomic E-state index is -4.82. The molecule has 13 nitrogen and oxygen atoms in total. The second-order valence-corrected chi connectivity index (χ2v) is 10.4. The van der Waals surface area contributed by atoms with Crippen molar-refractivity contribution >= 4 is 42.4 Å². The lowest BCUT2D eigenvalue weighted by Crippen LogP contribution is -2.47. The summed E-state index contributed by atoms with van der Waals surface area (Å²) >= 11 is 0. The van der Waals surface area contributed by atoms with E-state index in [2.05, 4.69) is 21.1 Å². The van der Waals surface area contributed by atoms with E-state index in [1.54, 1.807) is 30.3 Å². The molecular weight excluding hydrogens is 528 g/mol. The third-order valence-corrected chi connectivity index (χ3v) is 6.67. The summed E-state index contributed by atoms with van der Waals surface area (Å²) in [5.41, 5.74) is 3.66. The van der Waals surface area contributed by atoms with E-state index in [0.29, 0.717) is 11.8 Å². The monoisotopic (exact) mass is 544 g/mol. The summed E-state index contributed by atoms with van der Waals surface area (Å²) in [6.07, 6.45) is 0. The summed E-state index contributed by atoms with van der Waals surface area (Å²) in [5.74, 6) is -0.690. The number of nitrogens with one attached hydrogen (secondary N) is 2. The molecule has 4 aromatic carbocycles. The Kier molecular flexibility index (Phi) is 6.62. The highest BCUT2D eigenvalue weighted by molar-refractivity contribution is 7.86. The van der Waals surface area contributed by atoms with Crippen LogP contribution in [-0.2, 0) is 20.2 Å². The molecular formula is C22H16N4O9S2. The predicted molar refractivity (Wildman–Crippen MR) is 131 cm³/mol. The standard InChI is InChI=1S/C22H16N4O9S2/c27-18-7-6-16(22(29)21(18)26-23-13-4-2-1-3-5-13)24-25-17-10-14(36(30,31)32)8-12-9-15(37(33,34)35)11-19(28)20(12)17/h1-11,23,25,28H,(H,30,31,32)(H,33,34,35)/b24-16-,26-21-. The third kappa shape index (κ3) is 5.54. The van der Waals surface area contributed by atoms with Crippen molar-refractivity contribution in [1.82, 2.24) is 0 Å². The number of anilines is 2. The first kappa shape index (κ1) is 25.6. The summed E-state index contributed by atoms with van der Waals surface area (Å²) in [6.45, 7) is 0. The van der Waals surface area contributed by atoms with Gasteiger partial charge in [-0.1, -0.05) is 18.2 Å². The van der Waals surface area contributed by atoms with Crippen molar-refractivity contribution in [3.63, 3.8) is 0 Å². The molecule has 15 heteroatoms. The van der Waals surface area contributed by atoms with E-state index in [9.17, 15) is 40.6 Å². The number of phenols is 1. The molecule has 0 spiro atoms. The normalized spacial score (nSPS) is 13.1. The van der Waals surface area contributed by atoms with Gasteiger partial charge in [0.1, 0.15) is 11.1 Å². The maximum absolute atomic E-state index is 12.8. The van der Waals surface area contributed by atoms with Gasteiger partial charge in [-0.15, -0.1) is 0 Å². The van der Waals surface area contributed by atoms with Crippen LogP contribution in [0.1, 0.15) is 0 Å². The molecule has 0 aromatic heterocycles. The predicted octanol–water partition coefficient (Wildman–Crippen LogP) is 0.490. The number of rotatable bonds is 6. The number of fused-ring (bicyclic) bond motifs is 1. The minimum absolute atomic E-state index is 0.146. The molecule has 0 atom stereocenters. The highest BCUT2D eigenvalue weighted by atomic mass is 32.2. The second-order valence-electron chi connectivity index (χ2n) is 7.54. The Morgan fingerprint density at radius 3 is 1.97 bits per heavy atom. The number of para-hydroxylation sites is 1. The van der Waals surface area contributed by atoms with Crippen molar-refractivity contribution < 1.29 is 31.0 Å². The Morgan fingerprint density at radius 1 is 0.730 bits per heavy atom. The molecule has 0 heterocycles. The maximum atomic E-state index is 12.8. The van der Waals surface area contributed by atoms with Crippen LogP contribution < -0.4 is 32.4 Å². The van der Waals surface area contributed by atoms with E-state index < -0.39 is 52.0 Å². The molecule has 5 N–H and O–H groups in total. The molecule has 0 unspecified atom stereocenters. The quantitative estimate of drug-likeness (QED) is 0.166. The first-order valence-corrected chi connectivity index (χ1v) is 13.0. The van der Waals surface area contributed by atoms with Gasteiger partial charge in [-0.3, -0.25) is 29.5 Å². The summed E-state index contributed by atoms with van der Waals surface area (Å²) in [4.78, 5) is 23.5. The Morgan fingerprint density at radius 2 is 1.35 bits per heavy atom. The molecule has 0 aliphatic carbocycles. The van der Waals surface area contributed by atoms with E-state index in [1.807, 2.05) is 0 Å². The Hall–Kier alpha value is -4.44. The van der Waals surface area contributed by atoms with Crippen molar-refractivity contribution in [2.24, 2.45) is 10.2 Å². The van der Waals surface area contributed by atoms with E-state index >= 15 is 0 Å². The van der Waals surface area contributed by atoms with Crippen molar-refractivity contribution in [2.75, 3.05) is 10.9 Å². The molecule has 0 aliphatic rings. The van der Waals surface area contributed by atoms with Crippen LogP contribution in [0.25, 0.3) is 10.8 Å². The number of phenolic OH excluding ortho intramolecular Hbond substituents is 1. The molecule has 0 aliphatic heterocycles. The topological polar surface area (TPSA) is 212 Å². The van der Waals surface area contributed by atoms with Gasteiger partial charge in [0.2, 0.25) is 10.9 Å². The van der Waals surface area contributed by atoms with Gasteiger partial charge in [-0.25, -0.2) is 0 Å². The van der Waals surface area contributed by atoms with E-state index in [1.165, 1.54) is 0 Å². The molecule has 0 saturated heterocycles. The van der Waals surface area contributed by atoms with Crippen molar-refractivity contribution in [3.8, 4) is 5.75 Å². The van der Waals surface area contributed by atoms with E-state index in [0.717, 1.165) is 30.3 Å². The average Bonchev–Trinajstić information content (AvgIpc) is 2.82. The number of aromatic hydroxyl groups is 1. The maximum Gasteiger partial charge on any atom is 0.294 e. The van der Waals surface area contributed by atoms with E-state index in [4.69, 9.17) is 0 Å². The minimum Gasteiger partial charge on any atom is -0.507 e. The van der Waals surface area contributed by atoms with Gasteiger partial charge in [-0.2, -0.15) is 27.0 Å². The Labute approximate surface area is 207 Å². The zero-order valence-electron chi connectivity index (χ0n) is 18.4. The highest BCUT2D eigenvalue weighted by Gasteiger charge is 2.19. The van der Waals surface area contributed by atoms with Crippen LogP contribution in [0, 0.1) is 0 Å². The van der Waals surface area contributed by atoms with Gasteiger partial charge in [0.05, 0.1) is 21.2 Å². The molecule has 0 amide bonds. The number of hydrogen-bond donors (Lipinski definition) is 5. The molecule has 0 fully saturated rings. The number of hydrogen-bond acceptors (Lipinski definition) is 11.